The van der Waals surface area contributed by atoms with E-state index in [4.69, 9.17) is 4.74 Å². The van der Waals surface area contributed by atoms with Crippen LogP contribution in [-0.2, 0) is 11.3 Å². The van der Waals surface area contributed by atoms with E-state index >= 15 is 0 Å². The summed E-state index contributed by atoms with van der Waals surface area (Å²) in [4.78, 5) is 17.8. The Hall–Kier alpha value is -1.66. The van der Waals surface area contributed by atoms with Gasteiger partial charge in [0.2, 0.25) is 0 Å². The Morgan fingerprint density at radius 2 is 2.00 bits per heavy atom. The molecule has 0 radical (unpaired) electrons. The Bertz CT molecular complexity index is 379. The average Bonchev–Trinajstić information content (AvgIpc) is 2.47. The minimum Gasteiger partial charge on any atom is -0.379 e. The molecule has 2 rings (SSSR count). The van der Waals surface area contributed by atoms with Gasteiger partial charge in [0, 0.05) is 45.1 Å². The lowest BCUT2D eigenvalue weighted by Gasteiger charge is -2.26. The number of morpholine rings is 1. The van der Waals surface area contributed by atoms with Gasteiger partial charge < -0.3 is 15.4 Å². The molecule has 0 spiro atoms. The molecule has 104 valence electrons. The zero-order valence-electron chi connectivity index (χ0n) is 11.0. The van der Waals surface area contributed by atoms with E-state index in [1.165, 1.54) is 0 Å². The van der Waals surface area contributed by atoms with Crippen LogP contribution in [0.15, 0.2) is 24.5 Å². The number of amides is 2. The van der Waals surface area contributed by atoms with Crippen molar-refractivity contribution in [2.24, 2.45) is 0 Å². The van der Waals surface area contributed by atoms with E-state index in [1.54, 1.807) is 12.4 Å². The lowest BCUT2D eigenvalue weighted by molar-refractivity contribution is 0.0387. The Balaban J connectivity index is 1.57. The molecule has 0 aliphatic carbocycles. The zero-order chi connectivity index (χ0) is 13.3. The molecular formula is C13H20N4O2. The highest BCUT2D eigenvalue weighted by molar-refractivity contribution is 5.73. The number of carbonyl (C=O) groups excluding carboxylic acids is 1. The van der Waals surface area contributed by atoms with Crippen LogP contribution in [0.5, 0.6) is 0 Å². The van der Waals surface area contributed by atoms with Gasteiger partial charge in [-0.3, -0.25) is 9.88 Å². The maximum absolute atomic E-state index is 11.6. The smallest absolute Gasteiger partial charge is 0.315 e. The van der Waals surface area contributed by atoms with Crippen molar-refractivity contribution >= 4 is 6.03 Å². The monoisotopic (exact) mass is 264 g/mol. The van der Waals surface area contributed by atoms with Gasteiger partial charge in [-0.1, -0.05) is 0 Å². The number of hydrogen-bond donors (Lipinski definition) is 2. The van der Waals surface area contributed by atoms with E-state index in [2.05, 4.69) is 20.5 Å². The van der Waals surface area contributed by atoms with Gasteiger partial charge in [0.1, 0.15) is 0 Å². The number of nitrogens with one attached hydrogen (secondary N) is 2. The van der Waals surface area contributed by atoms with Crippen LogP contribution in [0.1, 0.15) is 5.56 Å². The summed E-state index contributed by atoms with van der Waals surface area (Å²) in [6.07, 6.45) is 3.43. The molecule has 6 nitrogen and oxygen atoms in total. The predicted molar refractivity (Wildman–Crippen MR) is 71.7 cm³/mol. The van der Waals surface area contributed by atoms with Crippen molar-refractivity contribution in [2.45, 2.75) is 6.54 Å². The van der Waals surface area contributed by atoms with Gasteiger partial charge >= 0.3 is 6.03 Å². The summed E-state index contributed by atoms with van der Waals surface area (Å²) < 4.78 is 5.27. The maximum atomic E-state index is 11.6. The zero-order valence-corrected chi connectivity index (χ0v) is 11.0. The largest absolute Gasteiger partial charge is 0.379 e. The fourth-order valence-corrected chi connectivity index (χ4v) is 1.90. The van der Waals surface area contributed by atoms with Gasteiger partial charge in [-0.2, -0.15) is 0 Å². The van der Waals surface area contributed by atoms with Crippen molar-refractivity contribution in [2.75, 3.05) is 39.4 Å². The molecule has 2 N–H and O–H groups in total. The standard InChI is InChI=1S/C13H20N4O2/c18-13(16-11-12-1-3-14-4-2-12)15-5-6-17-7-9-19-10-8-17/h1-4H,5-11H2,(H2,15,16,18). The third-order valence-corrected chi connectivity index (χ3v) is 3.02. The first kappa shape index (κ1) is 13.8. The highest BCUT2D eigenvalue weighted by atomic mass is 16.5. The van der Waals surface area contributed by atoms with Gasteiger partial charge in [0.15, 0.2) is 0 Å². The van der Waals surface area contributed by atoms with Crippen molar-refractivity contribution in [1.29, 1.82) is 0 Å². The normalized spacial score (nSPS) is 16.0. The number of ether oxygens (including phenoxy) is 1. The molecule has 1 fully saturated rings. The molecule has 0 bridgehead atoms. The van der Waals surface area contributed by atoms with Crippen LogP contribution in [-0.4, -0.2) is 55.3 Å². The van der Waals surface area contributed by atoms with Crippen LogP contribution in [0.2, 0.25) is 0 Å². The molecule has 0 unspecified atom stereocenters. The Morgan fingerprint density at radius 3 is 2.74 bits per heavy atom. The number of pyridine rings is 1. The van der Waals surface area contributed by atoms with E-state index in [0.29, 0.717) is 13.1 Å². The first-order chi connectivity index (χ1) is 9.34. The molecule has 0 atom stereocenters. The SMILES string of the molecule is O=C(NCCN1CCOCC1)NCc1ccncc1. The van der Waals surface area contributed by atoms with Crippen LogP contribution in [0.4, 0.5) is 4.79 Å². The van der Waals surface area contributed by atoms with Crippen molar-refractivity contribution in [3.8, 4) is 0 Å². The summed E-state index contributed by atoms with van der Waals surface area (Å²) in [7, 11) is 0. The number of nitrogens with zero attached hydrogens (tertiary/aromatic N) is 2. The lowest BCUT2D eigenvalue weighted by Crippen LogP contribution is -2.43. The summed E-state index contributed by atoms with van der Waals surface area (Å²) in [5.41, 5.74) is 1.04. The molecule has 0 aromatic carbocycles. The molecule has 0 saturated carbocycles. The first-order valence-electron chi connectivity index (χ1n) is 6.55. The van der Waals surface area contributed by atoms with Crippen molar-refractivity contribution < 1.29 is 9.53 Å². The summed E-state index contributed by atoms with van der Waals surface area (Å²) in [5.74, 6) is 0. The number of carbonyl (C=O) groups is 1. The van der Waals surface area contributed by atoms with Crippen LogP contribution in [0.25, 0.3) is 0 Å². The summed E-state index contributed by atoms with van der Waals surface area (Å²) in [6.45, 7) is 5.50. The molecule has 19 heavy (non-hydrogen) atoms. The Morgan fingerprint density at radius 1 is 1.26 bits per heavy atom. The van der Waals surface area contributed by atoms with E-state index in [0.717, 1.165) is 38.4 Å². The fraction of sp³-hybridized carbons (Fsp3) is 0.538. The van der Waals surface area contributed by atoms with Crippen molar-refractivity contribution in [3.63, 3.8) is 0 Å². The van der Waals surface area contributed by atoms with E-state index < -0.39 is 0 Å². The molecule has 1 aromatic rings. The maximum Gasteiger partial charge on any atom is 0.315 e. The average molecular weight is 264 g/mol. The highest BCUT2D eigenvalue weighted by Crippen LogP contribution is 1.95. The highest BCUT2D eigenvalue weighted by Gasteiger charge is 2.09. The minimum atomic E-state index is -0.134. The van der Waals surface area contributed by atoms with Gasteiger partial charge in [0.25, 0.3) is 0 Å². The quantitative estimate of drug-likeness (QED) is 0.798. The van der Waals surface area contributed by atoms with Crippen molar-refractivity contribution in [3.05, 3.63) is 30.1 Å². The predicted octanol–water partition coefficient (Wildman–Crippen LogP) is 0.213. The lowest BCUT2D eigenvalue weighted by atomic mass is 10.3. The summed E-state index contributed by atoms with van der Waals surface area (Å²) in [5, 5.41) is 5.67. The van der Waals surface area contributed by atoms with Crippen LogP contribution in [0, 0.1) is 0 Å². The number of rotatable bonds is 5. The second-order valence-electron chi connectivity index (χ2n) is 4.42. The molecule has 2 heterocycles. The molecule has 1 aliphatic rings. The fourth-order valence-electron chi connectivity index (χ4n) is 1.90. The number of aromatic nitrogens is 1. The topological polar surface area (TPSA) is 66.5 Å². The van der Waals surface area contributed by atoms with Crippen molar-refractivity contribution in [1.82, 2.24) is 20.5 Å². The van der Waals surface area contributed by atoms with E-state index in [9.17, 15) is 4.79 Å². The second kappa shape index (κ2) is 7.70. The van der Waals surface area contributed by atoms with Crippen LogP contribution >= 0.6 is 0 Å². The third kappa shape index (κ3) is 5.23. The van der Waals surface area contributed by atoms with Gasteiger partial charge in [-0.15, -0.1) is 0 Å². The number of urea groups is 1. The van der Waals surface area contributed by atoms with Gasteiger partial charge in [0.05, 0.1) is 13.2 Å². The van der Waals surface area contributed by atoms with Crippen LogP contribution in [0.3, 0.4) is 0 Å². The van der Waals surface area contributed by atoms with E-state index in [-0.39, 0.29) is 6.03 Å². The third-order valence-electron chi connectivity index (χ3n) is 3.02. The molecular weight excluding hydrogens is 244 g/mol. The summed E-state index contributed by atoms with van der Waals surface area (Å²) >= 11 is 0. The first-order valence-corrected chi connectivity index (χ1v) is 6.55. The van der Waals surface area contributed by atoms with Crippen LogP contribution < -0.4 is 10.6 Å². The molecule has 1 aromatic heterocycles. The Labute approximate surface area is 113 Å². The number of hydrogen-bond acceptors (Lipinski definition) is 4. The molecule has 6 heteroatoms. The van der Waals surface area contributed by atoms with E-state index in [1.807, 2.05) is 12.1 Å². The second-order valence-corrected chi connectivity index (χ2v) is 4.42. The molecule has 1 aliphatic heterocycles. The Kier molecular flexibility index (Phi) is 5.58. The minimum absolute atomic E-state index is 0.134. The molecule has 2 amide bonds. The van der Waals surface area contributed by atoms with Gasteiger partial charge in [-0.05, 0) is 17.7 Å². The molecule has 1 saturated heterocycles. The summed E-state index contributed by atoms with van der Waals surface area (Å²) in [6, 6.07) is 3.63. The van der Waals surface area contributed by atoms with Gasteiger partial charge in [-0.25, -0.2) is 4.79 Å².